The average Bonchev–Trinajstić information content (AvgIpc) is 2.35. The summed E-state index contributed by atoms with van der Waals surface area (Å²) in [5, 5.41) is 0. The third-order valence-corrected chi connectivity index (χ3v) is 3.32. The van der Waals surface area contributed by atoms with E-state index >= 15 is 0 Å². The molecular weight excluding hydrogens is 267 g/mol. The lowest BCUT2D eigenvalue weighted by Crippen LogP contribution is -2.31. The van der Waals surface area contributed by atoms with Crippen LogP contribution in [0.1, 0.15) is 43.1 Å². The highest BCUT2D eigenvalue weighted by Gasteiger charge is 2.35. The lowest BCUT2D eigenvalue weighted by Gasteiger charge is -2.30. The van der Waals surface area contributed by atoms with Crippen LogP contribution in [-0.2, 0) is 6.18 Å². The van der Waals surface area contributed by atoms with Crippen LogP contribution in [0.15, 0.2) is 18.2 Å². The minimum Gasteiger partial charge on any atom is -0.371 e. The molecule has 1 aromatic carbocycles. The number of hydrogen-bond acceptors (Lipinski definition) is 2. The number of anilines is 1. The van der Waals surface area contributed by atoms with Crippen LogP contribution in [0.5, 0.6) is 0 Å². The summed E-state index contributed by atoms with van der Waals surface area (Å²) in [6.45, 7) is 5.96. The highest BCUT2D eigenvalue weighted by atomic mass is 19.4. The smallest absolute Gasteiger partial charge is 0.371 e. The van der Waals surface area contributed by atoms with Gasteiger partial charge in [-0.3, -0.25) is 4.79 Å². The van der Waals surface area contributed by atoms with Crippen LogP contribution in [0.4, 0.5) is 18.9 Å². The second kappa shape index (κ2) is 6.29. The maximum atomic E-state index is 13.1. The van der Waals surface area contributed by atoms with Gasteiger partial charge in [0.2, 0.25) is 0 Å². The van der Waals surface area contributed by atoms with Gasteiger partial charge in [-0.1, -0.05) is 13.8 Å². The van der Waals surface area contributed by atoms with E-state index in [9.17, 15) is 18.0 Å². The molecule has 0 radical (unpaired) electrons. The van der Waals surface area contributed by atoms with Gasteiger partial charge in [0, 0.05) is 24.3 Å². The first kappa shape index (κ1) is 16.5. The lowest BCUT2D eigenvalue weighted by atomic mass is 10.0. The van der Waals surface area contributed by atoms with E-state index in [1.165, 1.54) is 12.1 Å². The molecular formula is C15H20F3NO. The molecule has 0 saturated heterocycles. The van der Waals surface area contributed by atoms with Crippen molar-refractivity contribution < 1.29 is 18.0 Å². The topological polar surface area (TPSA) is 20.3 Å². The average molecular weight is 287 g/mol. The normalized spacial score (nSPS) is 13.4. The minimum atomic E-state index is -4.47. The predicted molar refractivity (Wildman–Crippen MR) is 74.2 cm³/mol. The van der Waals surface area contributed by atoms with E-state index in [4.69, 9.17) is 0 Å². The Morgan fingerprint density at radius 1 is 1.25 bits per heavy atom. The molecule has 0 aliphatic heterocycles. The highest BCUT2D eigenvalue weighted by Crippen LogP contribution is 2.37. The van der Waals surface area contributed by atoms with Crippen LogP contribution >= 0.6 is 0 Å². The van der Waals surface area contributed by atoms with Gasteiger partial charge in [0.05, 0.1) is 5.56 Å². The van der Waals surface area contributed by atoms with Crippen molar-refractivity contribution in [2.45, 2.75) is 39.4 Å². The fourth-order valence-electron chi connectivity index (χ4n) is 2.24. The number of alkyl halides is 3. The fraction of sp³-hybridized carbons (Fsp3) is 0.533. The molecule has 0 saturated carbocycles. The molecule has 0 fully saturated rings. The zero-order valence-corrected chi connectivity index (χ0v) is 12.2. The van der Waals surface area contributed by atoms with Crippen molar-refractivity contribution in [1.29, 1.82) is 0 Å². The van der Waals surface area contributed by atoms with Crippen LogP contribution in [0, 0.1) is 5.92 Å². The van der Waals surface area contributed by atoms with Crippen molar-refractivity contribution in [3.05, 3.63) is 29.3 Å². The van der Waals surface area contributed by atoms with Gasteiger partial charge in [-0.05, 0) is 37.5 Å². The van der Waals surface area contributed by atoms with E-state index in [-0.39, 0.29) is 17.3 Å². The Morgan fingerprint density at radius 3 is 2.30 bits per heavy atom. The van der Waals surface area contributed by atoms with E-state index < -0.39 is 11.7 Å². The van der Waals surface area contributed by atoms with Crippen molar-refractivity contribution in [2.24, 2.45) is 5.92 Å². The standard InChI is InChI=1S/C15H20F3NO/c1-10(2)7-11(3)19(4)14-6-5-12(9-20)8-13(14)15(16,17)18/h5-6,8-11H,7H2,1-4H3. The fourth-order valence-corrected chi connectivity index (χ4v) is 2.24. The van der Waals surface area contributed by atoms with Crippen LogP contribution in [0.25, 0.3) is 0 Å². The number of rotatable bonds is 5. The van der Waals surface area contributed by atoms with Crippen molar-refractivity contribution in [1.82, 2.24) is 0 Å². The summed E-state index contributed by atoms with van der Waals surface area (Å²) in [4.78, 5) is 12.3. The summed E-state index contributed by atoms with van der Waals surface area (Å²) in [6.07, 6.45) is -3.25. The first-order valence-electron chi connectivity index (χ1n) is 6.56. The number of halogens is 3. The molecule has 112 valence electrons. The molecule has 0 N–H and O–H groups in total. The lowest BCUT2D eigenvalue weighted by molar-refractivity contribution is -0.137. The Balaban J connectivity index is 3.19. The monoisotopic (exact) mass is 287 g/mol. The maximum Gasteiger partial charge on any atom is 0.418 e. The molecule has 2 nitrogen and oxygen atoms in total. The zero-order valence-electron chi connectivity index (χ0n) is 12.2. The van der Waals surface area contributed by atoms with E-state index in [2.05, 4.69) is 0 Å². The van der Waals surface area contributed by atoms with Gasteiger partial charge in [-0.2, -0.15) is 13.2 Å². The molecule has 0 aliphatic carbocycles. The highest BCUT2D eigenvalue weighted by molar-refractivity contribution is 5.77. The second-order valence-corrected chi connectivity index (χ2v) is 5.48. The van der Waals surface area contributed by atoms with Crippen LogP contribution in [0.3, 0.4) is 0 Å². The van der Waals surface area contributed by atoms with Gasteiger partial charge >= 0.3 is 6.18 Å². The number of aldehydes is 1. The Labute approximate surface area is 117 Å². The molecule has 1 aromatic rings. The maximum absolute atomic E-state index is 13.1. The second-order valence-electron chi connectivity index (χ2n) is 5.48. The molecule has 1 atom stereocenters. The SMILES string of the molecule is CC(C)CC(C)N(C)c1ccc(C=O)cc1C(F)(F)F. The molecule has 0 bridgehead atoms. The summed E-state index contributed by atoms with van der Waals surface area (Å²) >= 11 is 0. The Kier molecular flexibility index (Phi) is 5.20. The van der Waals surface area contributed by atoms with Crippen molar-refractivity contribution in [3.63, 3.8) is 0 Å². The number of nitrogens with zero attached hydrogens (tertiary/aromatic N) is 1. The predicted octanol–water partition coefficient (Wildman–Crippen LogP) is 4.39. The Morgan fingerprint density at radius 2 is 1.85 bits per heavy atom. The summed E-state index contributed by atoms with van der Waals surface area (Å²) in [7, 11) is 1.65. The van der Waals surface area contributed by atoms with Crippen LogP contribution < -0.4 is 4.90 Å². The molecule has 5 heteroatoms. The third-order valence-electron chi connectivity index (χ3n) is 3.32. The Hall–Kier alpha value is -1.52. The molecule has 1 rings (SSSR count). The molecule has 20 heavy (non-hydrogen) atoms. The third kappa shape index (κ3) is 3.99. The van der Waals surface area contributed by atoms with Gasteiger partial charge in [-0.25, -0.2) is 0 Å². The molecule has 0 aromatic heterocycles. The summed E-state index contributed by atoms with van der Waals surface area (Å²) in [5.74, 6) is 0.399. The minimum absolute atomic E-state index is 0.0156. The van der Waals surface area contributed by atoms with Gasteiger partial charge in [-0.15, -0.1) is 0 Å². The van der Waals surface area contributed by atoms with Gasteiger partial charge in [0.1, 0.15) is 6.29 Å². The van der Waals surface area contributed by atoms with Crippen LogP contribution in [0.2, 0.25) is 0 Å². The summed E-state index contributed by atoms with van der Waals surface area (Å²) in [6, 6.07) is 3.67. The van der Waals surface area contributed by atoms with E-state index in [0.717, 1.165) is 12.5 Å². The van der Waals surface area contributed by atoms with Gasteiger partial charge < -0.3 is 4.90 Å². The molecule has 0 spiro atoms. The number of hydrogen-bond donors (Lipinski definition) is 0. The first-order chi connectivity index (χ1) is 9.16. The Bertz CT molecular complexity index is 469. The van der Waals surface area contributed by atoms with E-state index in [1.807, 2.05) is 20.8 Å². The molecule has 0 amide bonds. The van der Waals surface area contributed by atoms with E-state index in [1.54, 1.807) is 11.9 Å². The largest absolute Gasteiger partial charge is 0.418 e. The number of carbonyl (C=O) groups is 1. The van der Waals surface area contributed by atoms with Gasteiger partial charge in [0.15, 0.2) is 0 Å². The van der Waals surface area contributed by atoms with Crippen molar-refractivity contribution >= 4 is 12.0 Å². The van der Waals surface area contributed by atoms with Crippen molar-refractivity contribution in [2.75, 3.05) is 11.9 Å². The number of benzene rings is 1. The molecule has 0 aliphatic rings. The van der Waals surface area contributed by atoms with Crippen LogP contribution in [-0.4, -0.2) is 19.4 Å². The molecule has 1 unspecified atom stereocenters. The zero-order chi connectivity index (χ0) is 15.5. The number of carbonyl (C=O) groups excluding carboxylic acids is 1. The first-order valence-corrected chi connectivity index (χ1v) is 6.56. The van der Waals surface area contributed by atoms with Crippen molar-refractivity contribution in [3.8, 4) is 0 Å². The summed E-state index contributed by atoms with van der Waals surface area (Å²) in [5.41, 5.74) is -0.623. The quantitative estimate of drug-likeness (QED) is 0.749. The molecule has 0 heterocycles. The summed E-state index contributed by atoms with van der Waals surface area (Å²) < 4.78 is 39.3. The van der Waals surface area contributed by atoms with E-state index in [0.29, 0.717) is 12.2 Å². The van der Waals surface area contributed by atoms with Gasteiger partial charge in [0.25, 0.3) is 0 Å².